The van der Waals surface area contributed by atoms with E-state index >= 15 is 0 Å². The summed E-state index contributed by atoms with van der Waals surface area (Å²) in [6.07, 6.45) is -4.72. The fourth-order valence-electron chi connectivity index (χ4n) is 0.505. The number of carbonyl (C=O) groups excluding carboxylic acids is 1. The third-order valence-corrected chi connectivity index (χ3v) is 3.60. The van der Waals surface area contributed by atoms with Gasteiger partial charge in [0.15, 0.2) is 0 Å². The van der Waals surface area contributed by atoms with Crippen LogP contribution in [0.5, 0.6) is 0 Å². The van der Waals surface area contributed by atoms with Gasteiger partial charge in [-0.05, 0) is 0 Å². The monoisotopic (exact) mass is 193 g/mol. The molecule has 1 aliphatic heterocycles. The Morgan fingerprint density at radius 3 is 2.09 bits per heavy atom. The molecule has 1 rings (SSSR count). The number of hydrogen-bond donors (Lipinski definition) is 0. The van der Waals surface area contributed by atoms with Gasteiger partial charge in [-0.3, -0.25) is 4.79 Å². The molecular formula is C4H2F3NOSi2. The molecule has 0 N–H and O–H groups in total. The van der Waals surface area contributed by atoms with Crippen LogP contribution in [0.4, 0.5) is 13.2 Å². The fourth-order valence-corrected chi connectivity index (χ4v) is 2.63. The molecule has 0 saturated carbocycles. The van der Waals surface area contributed by atoms with Crippen LogP contribution in [0, 0.1) is 0 Å². The van der Waals surface area contributed by atoms with Crippen molar-refractivity contribution in [3.8, 4) is 0 Å². The normalized spacial score (nSPS) is 17.5. The Morgan fingerprint density at radius 1 is 1.27 bits per heavy atom. The maximum Gasteiger partial charge on any atom is 0.469 e. The highest BCUT2D eigenvalue weighted by Gasteiger charge is 2.42. The van der Waals surface area contributed by atoms with E-state index < -0.39 is 12.1 Å². The van der Waals surface area contributed by atoms with Gasteiger partial charge in [0.2, 0.25) is 19.4 Å². The molecule has 0 bridgehead atoms. The summed E-state index contributed by atoms with van der Waals surface area (Å²) in [4.78, 5) is 10.4. The predicted octanol–water partition coefficient (Wildman–Crippen LogP) is 0.100. The lowest BCUT2D eigenvalue weighted by molar-refractivity contribution is -0.176. The molecule has 1 amide bonds. The van der Waals surface area contributed by atoms with Gasteiger partial charge < -0.3 is 4.23 Å². The van der Waals surface area contributed by atoms with E-state index in [1.54, 1.807) is 11.4 Å². The topological polar surface area (TPSA) is 20.3 Å². The van der Waals surface area contributed by atoms with Gasteiger partial charge in [0.25, 0.3) is 0 Å². The van der Waals surface area contributed by atoms with Gasteiger partial charge in [-0.15, -0.1) is 0 Å². The van der Waals surface area contributed by atoms with Crippen molar-refractivity contribution >= 4 is 25.3 Å². The Balaban J connectivity index is 2.55. The van der Waals surface area contributed by atoms with Crippen molar-refractivity contribution < 1.29 is 18.0 Å². The van der Waals surface area contributed by atoms with E-state index in [1.807, 2.05) is 0 Å². The minimum absolute atomic E-state index is 0.151. The Hall–Kier alpha value is -0.566. The first kappa shape index (κ1) is 8.53. The van der Waals surface area contributed by atoms with Crippen molar-refractivity contribution in [1.82, 2.24) is 4.23 Å². The molecule has 1 heterocycles. The van der Waals surface area contributed by atoms with Crippen molar-refractivity contribution in [2.45, 2.75) is 6.18 Å². The number of carbonyl (C=O) groups is 1. The molecule has 0 aliphatic carbocycles. The maximum absolute atomic E-state index is 11.7. The molecule has 0 aromatic rings. The van der Waals surface area contributed by atoms with Crippen molar-refractivity contribution in [3.63, 3.8) is 0 Å². The maximum atomic E-state index is 11.7. The Bertz CT molecular complexity index is 194. The Labute approximate surface area is 65.9 Å². The van der Waals surface area contributed by atoms with Crippen LogP contribution in [-0.2, 0) is 4.79 Å². The molecule has 7 heteroatoms. The van der Waals surface area contributed by atoms with Gasteiger partial charge >= 0.3 is 12.1 Å². The highest BCUT2D eigenvalue weighted by molar-refractivity contribution is 6.66. The molecule has 58 valence electrons. The molecule has 0 unspecified atom stereocenters. The minimum atomic E-state index is -4.72. The lowest BCUT2D eigenvalue weighted by Gasteiger charge is -2.15. The number of amides is 1. The first-order chi connectivity index (χ1) is 5.02. The van der Waals surface area contributed by atoms with Crippen LogP contribution >= 0.6 is 0 Å². The highest BCUT2D eigenvalue weighted by Crippen LogP contribution is 2.18. The minimum Gasteiger partial charge on any atom is -0.382 e. The van der Waals surface area contributed by atoms with Crippen LogP contribution in [0.1, 0.15) is 0 Å². The Kier molecular flexibility index (Phi) is 2.18. The molecule has 11 heavy (non-hydrogen) atoms. The van der Waals surface area contributed by atoms with Crippen LogP contribution in [-0.4, -0.2) is 35.7 Å². The molecule has 0 saturated heterocycles. The van der Waals surface area contributed by atoms with Gasteiger partial charge in [-0.25, -0.2) is 0 Å². The summed E-state index contributed by atoms with van der Waals surface area (Å²) in [6.45, 7) is 0. The van der Waals surface area contributed by atoms with E-state index in [2.05, 4.69) is 0 Å². The SMILES string of the molecule is O=C(N1[Si]C=C[Si]1)C(F)(F)F. The summed E-state index contributed by atoms with van der Waals surface area (Å²) >= 11 is 0. The van der Waals surface area contributed by atoms with E-state index in [1.165, 1.54) is 0 Å². The number of hydrogen-bond acceptors (Lipinski definition) is 1. The van der Waals surface area contributed by atoms with Crippen molar-refractivity contribution in [3.05, 3.63) is 11.4 Å². The molecule has 0 atom stereocenters. The number of halogens is 3. The summed E-state index contributed by atoms with van der Waals surface area (Å²) in [5.74, 6) is -1.74. The average Bonchev–Trinajstić information content (AvgIpc) is 2.34. The second kappa shape index (κ2) is 2.82. The quantitative estimate of drug-likeness (QED) is 0.500. The van der Waals surface area contributed by atoms with Gasteiger partial charge in [0, 0.05) is 0 Å². The number of alkyl halides is 3. The van der Waals surface area contributed by atoms with Gasteiger partial charge in [-0.1, -0.05) is 11.4 Å². The van der Waals surface area contributed by atoms with Crippen LogP contribution in [0.15, 0.2) is 11.4 Å². The lowest BCUT2D eigenvalue weighted by Crippen LogP contribution is -2.42. The molecule has 0 spiro atoms. The standard InChI is InChI=1S/C4H2F3NOSi2/c5-4(6,7)3(9)8-10-1-2-11-8/h1-2H. The first-order valence-electron chi connectivity index (χ1n) is 2.60. The highest BCUT2D eigenvalue weighted by atomic mass is 28.3. The van der Waals surface area contributed by atoms with E-state index in [0.717, 1.165) is 4.23 Å². The molecule has 4 radical (unpaired) electrons. The van der Waals surface area contributed by atoms with Crippen LogP contribution in [0.25, 0.3) is 0 Å². The van der Waals surface area contributed by atoms with Crippen LogP contribution < -0.4 is 0 Å². The van der Waals surface area contributed by atoms with E-state index in [4.69, 9.17) is 0 Å². The van der Waals surface area contributed by atoms with Gasteiger partial charge in [0.05, 0.1) is 0 Å². The third-order valence-electron chi connectivity index (χ3n) is 0.936. The van der Waals surface area contributed by atoms with Crippen molar-refractivity contribution in [2.24, 2.45) is 0 Å². The summed E-state index contributed by atoms with van der Waals surface area (Å²) in [6, 6.07) is 0. The number of rotatable bonds is 0. The molecule has 2 nitrogen and oxygen atoms in total. The second-order valence-corrected chi connectivity index (χ2v) is 4.25. The summed E-state index contributed by atoms with van der Waals surface area (Å²) in [5.41, 5.74) is 3.14. The fraction of sp³-hybridized carbons (Fsp3) is 0.250. The third kappa shape index (κ3) is 1.93. The molecule has 0 fully saturated rings. The van der Waals surface area contributed by atoms with Crippen LogP contribution in [0.3, 0.4) is 0 Å². The van der Waals surface area contributed by atoms with Crippen molar-refractivity contribution in [1.29, 1.82) is 0 Å². The molecule has 0 aromatic carbocycles. The van der Waals surface area contributed by atoms with Crippen LogP contribution in [0.2, 0.25) is 0 Å². The van der Waals surface area contributed by atoms with Crippen molar-refractivity contribution in [2.75, 3.05) is 0 Å². The zero-order valence-corrected chi connectivity index (χ0v) is 7.14. The largest absolute Gasteiger partial charge is 0.469 e. The lowest BCUT2D eigenvalue weighted by atomic mass is 10.6. The second-order valence-electron chi connectivity index (χ2n) is 1.73. The van der Waals surface area contributed by atoms with Gasteiger partial charge in [0.1, 0.15) is 0 Å². The summed E-state index contributed by atoms with van der Waals surface area (Å²) < 4.78 is 35.9. The summed E-state index contributed by atoms with van der Waals surface area (Å²) in [7, 11) is -0.302. The molecule has 1 aliphatic rings. The average molecular weight is 193 g/mol. The zero-order chi connectivity index (χ0) is 8.48. The summed E-state index contributed by atoms with van der Waals surface area (Å²) in [5, 5.41) is 0. The predicted molar refractivity (Wildman–Crippen MR) is 33.5 cm³/mol. The molecule has 0 aromatic heterocycles. The van der Waals surface area contributed by atoms with E-state index in [-0.39, 0.29) is 19.4 Å². The van der Waals surface area contributed by atoms with Gasteiger partial charge in [-0.2, -0.15) is 13.2 Å². The zero-order valence-electron chi connectivity index (χ0n) is 5.14. The Morgan fingerprint density at radius 2 is 1.73 bits per heavy atom. The van der Waals surface area contributed by atoms with E-state index in [9.17, 15) is 18.0 Å². The first-order valence-corrected chi connectivity index (χ1v) is 4.65. The smallest absolute Gasteiger partial charge is 0.382 e. The molecular weight excluding hydrogens is 191 g/mol. The number of nitrogens with zero attached hydrogens (tertiary/aromatic N) is 1. The van der Waals surface area contributed by atoms with E-state index in [0.29, 0.717) is 0 Å².